The van der Waals surface area contributed by atoms with Crippen molar-refractivity contribution in [1.82, 2.24) is 19.4 Å². The van der Waals surface area contributed by atoms with Crippen molar-refractivity contribution < 1.29 is 14.4 Å². The number of carbonyl (C=O) groups excluding carboxylic acids is 3. The molecule has 0 radical (unpaired) electrons. The molecule has 2 aliphatic rings. The lowest BCUT2D eigenvalue weighted by molar-refractivity contribution is -0.137. The molecule has 0 unspecified atom stereocenters. The summed E-state index contributed by atoms with van der Waals surface area (Å²) in [6.07, 6.45) is 5.55. The minimum Gasteiger partial charge on any atom is -0.328 e. The Labute approximate surface area is 264 Å². The first-order valence-electron chi connectivity index (χ1n) is 15.9. The molecular weight excluding hydrogens is 560 g/mol. The average molecular weight is 601 g/mol. The lowest BCUT2D eigenvalue weighted by atomic mass is 9.99. The number of aromatic nitrogens is 2. The Morgan fingerprint density at radius 1 is 0.933 bits per heavy atom. The van der Waals surface area contributed by atoms with Gasteiger partial charge in [0.2, 0.25) is 0 Å². The topological polar surface area (TPSA) is 75.5 Å². The number of allylic oxidation sites excluding steroid dienone is 1. The van der Waals surface area contributed by atoms with Crippen molar-refractivity contribution in [3.63, 3.8) is 0 Å². The lowest BCUT2D eigenvalue weighted by Gasteiger charge is -2.35. The number of fused-ring (bicyclic) bond motifs is 1. The second-order valence-corrected chi connectivity index (χ2v) is 12.5. The minimum atomic E-state index is -0.352. The van der Waals surface area contributed by atoms with Crippen LogP contribution in [0.3, 0.4) is 0 Å². The van der Waals surface area contributed by atoms with E-state index in [9.17, 15) is 14.4 Å². The molecule has 6 rings (SSSR count). The van der Waals surface area contributed by atoms with Crippen LogP contribution in [0.15, 0.2) is 96.1 Å². The van der Waals surface area contributed by atoms with Gasteiger partial charge in [-0.15, -0.1) is 0 Å². The monoisotopic (exact) mass is 600 g/mol. The van der Waals surface area contributed by atoms with Gasteiger partial charge < -0.3 is 9.47 Å². The number of carbonyl (C=O) groups is 3. The van der Waals surface area contributed by atoms with Crippen LogP contribution in [0.25, 0.3) is 11.0 Å². The third-order valence-electron chi connectivity index (χ3n) is 8.84. The Hall–Kier alpha value is -4.78. The fourth-order valence-electron chi connectivity index (χ4n) is 6.53. The Morgan fingerprint density at radius 2 is 1.67 bits per heavy atom. The van der Waals surface area contributed by atoms with Crippen LogP contribution in [-0.2, 0) is 16.1 Å². The summed E-state index contributed by atoms with van der Waals surface area (Å²) in [6.45, 7) is 9.54. The van der Waals surface area contributed by atoms with Gasteiger partial charge in [-0.05, 0) is 74.4 Å². The van der Waals surface area contributed by atoms with Crippen molar-refractivity contribution in [3.8, 4) is 0 Å². The Bertz CT molecular complexity index is 1820. The van der Waals surface area contributed by atoms with E-state index in [-0.39, 0.29) is 36.2 Å². The van der Waals surface area contributed by atoms with E-state index in [2.05, 4.69) is 55.7 Å². The minimum absolute atomic E-state index is 0.0287. The molecular formula is C38H40N4O3. The highest BCUT2D eigenvalue weighted by molar-refractivity contribution is 6.20. The maximum atomic E-state index is 14.4. The number of nitrogens with zero attached hydrogens (tertiary/aromatic N) is 4. The Morgan fingerprint density at radius 3 is 2.38 bits per heavy atom. The molecule has 0 N–H and O–H groups in total. The van der Waals surface area contributed by atoms with Gasteiger partial charge >= 0.3 is 0 Å². The lowest BCUT2D eigenvalue weighted by Crippen LogP contribution is -2.41. The van der Waals surface area contributed by atoms with Crippen LogP contribution in [0, 0.1) is 19.8 Å². The first kappa shape index (κ1) is 30.3. The van der Waals surface area contributed by atoms with Gasteiger partial charge in [0, 0.05) is 36.3 Å². The van der Waals surface area contributed by atoms with E-state index in [0.717, 1.165) is 40.0 Å². The zero-order valence-corrected chi connectivity index (χ0v) is 26.5. The zero-order chi connectivity index (χ0) is 31.7. The summed E-state index contributed by atoms with van der Waals surface area (Å²) in [7, 11) is 0. The maximum absolute atomic E-state index is 14.4. The molecule has 1 aliphatic carbocycles. The molecule has 7 heteroatoms. The van der Waals surface area contributed by atoms with Gasteiger partial charge in [0.05, 0.1) is 17.1 Å². The van der Waals surface area contributed by atoms with Crippen LogP contribution in [-0.4, -0.2) is 50.2 Å². The highest BCUT2D eigenvalue weighted by Crippen LogP contribution is 2.34. The van der Waals surface area contributed by atoms with E-state index in [1.165, 1.54) is 4.90 Å². The molecule has 2 heterocycles. The van der Waals surface area contributed by atoms with Gasteiger partial charge in [-0.2, -0.15) is 0 Å². The number of rotatable bonds is 10. The fraction of sp³-hybridized carbons (Fsp3) is 0.316. The van der Waals surface area contributed by atoms with Gasteiger partial charge in [-0.1, -0.05) is 80.1 Å². The summed E-state index contributed by atoms with van der Waals surface area (Å²) >= 11 is 0. The van der Waals surface area contributed by atoms with Crippen LogP contribution >= 0.6 is 0 Å². The van der Waals surface area contributed by atoms with Crippen LogP contribution < -0.4 is 0 Å². The largest absolute Gasteiger partial charge is 0.328 e. The van der Waals surface area contributed by atoms with Crippen molar-refractivity contribution in [3.05, 3.63) is 124 Å². The molecule has 0 bridgehead atoms. The normalized spacial score (nSPS) is 15.4. The number of amides is 3. The molecule has 4 aromatic rings. The average Bonchev–Trinajstić information content (AvgIpc) is 3.50. The Balaban J connectivity index is 1.37. The van der Waals surface area contributed by atoms with Crippen molar-refractivity contribution in [1.29, 1.82) is 0 Å². The SMILES string of the molecule is Cc1ccc(C(=O)N(CCCN2C(=O)C3=C(CCC=C3)C2=O)[C@@H](c2nc3cc(C)ccc3n2Cc2ccccc2)C(C)C)cc1. The Kier molecular flexibility index (Phi) is 8.52. The third kappa shape index (κ3) is 5.99. The highest BCUT2D eigenvalue weighted by Gasteiger charge is 2.38. The predicted molar refractivity (Wildman–Crippen MR) is 177 cm³/mol. The molecule has 1 aromatic heterocycles. The first-order valence-corrected chi connectivity index (χ1v) is 15.9. The van der Waals surface area contributed by atoms with E-state index >= 15 is 0 Å². The molecule has 230 valence electrons. The van der Waals surface area contributed by atoms with Gasteiger partial charge in [-0.3, -0.25) is 19.3 Å². The van der Waals surface area contributed by atoms with Crippen LogP contribution in [0.2, 0.25) is 0 Å². The number of imide groups is 1. The summed E-state index contributed by atoms with van der Waals surface area (Å²) < 4.78 is 2.24. The van der Waals surface area contributed by atoms with E-state index in [4.69, 9.17) is 4.98 Å². The second kappa shape index (κ2) is 12.7. The van der Waals surface area contributed by atoms with Gasteiger partial charge in [0.1, 0.15) is 5.82 Å². The molecule has 0 spiro atoms. The van der Waals surface area contributed by atoms with Crippen molar-refractivity contribution >= 4 is 28.8 Å². The number of benzene rings is 3. The highest BCUT2D eigenvalue weighted by atomic mass is 16.2. The van der Waals surface area contributed by atoms with E-state index in [1.807, 2.05) is 60.4 Å². The number of hydrogen-bond donors (Lipinski definition) is 0. The quantitative estimate of drug-likeness (QED) is 0.185. The van der Waals surface area contributed by atoms with Crippen molar-refractivity contribution in [2.75, 3.05) is 13.1 Å². The molecule has 0 saturated heterocycles. The van der Waals surface area contributed by atoms with Crippen molar-refractivity contribution in [2.24, 2.45) is 5.92 Å². The molecule has 1 aliphatic heterocycles. The maximum Gasteiger partial charge on any atom is 0.261 e. The third-order valence-corrected chi connectivity index (χ3v) is 8.84. The van der Waals surface area contributed by atoms with E-state index < -0.39 is 0 Å². The standard InChI is InChI=1S/C38H40N4O3/c1-25(2)34(35-39-32-23-27(4)17-20-33(32)42(35)24-28-11-6-5-7-12-28)40(36(43)29-18-15-26(3)16-19-29)21-10-22-41-37(44)30-13-8-9-14-31(30)38(41)45/h5-8,11-13,15-20,23,25,34H,9-10,14,21-22,24H2,1-4H3/t34-/m1/s1. The zero-order valence-electron chi connectivity index (χ0n) is 26.5. The van der Waals surface area contributed by atoms with Gasteiger partial charge in [0.25, 0.3) is 17.7 Å². The molecule has 0 saturated carbocycles. The van der Waals surface area contributed by atoms with E-state index in [1.54, 1.807) is 6.08 Å². The molecule has 45 heavy (non-hydrogen) atoms. The van der Waals surface area contributed by atoms with E-state index in [0.29, 0.717) is 42.6 Å². The summed E-state index contributed by atoms with van der Waals surface area (Å²) in [4.78, 5) is 49.1. The predicted octanol–water partition coefficient (Wildman–Crippen LogP) is 6.95. The molecule has 7 nitrogen and oxygen atoms in total. The number of hydrogen-bond acceptors (Lipinski definition) is 4. The number of imidazole rings is 1. The van der Waals surface area contributed by atoms with Crippen LogP contribution in [0.4, 0.5) is 0 Å². The van der Waals surface area contributed by atoms with Crippen LogP contribution in [0.1, 0.15) is 72.0 Å². The molecule has 1 atom stereocenters. The fourth-order valence-corrected chi connectivity index (χ4v) is 6.53. The molecule has 0 fully saturated rings. The van der Waals surface area contributed by atoms with Gasteiger partial charge in [-0.25, -0.2) is 4.98 Å². The smallest absolute Gasteiger partial charge is 0.261 e. The summed E-state index contributed by atoms with van der Waals surface area (Å²) in [5, 5.41) is 0. The summed E-state index contributed by atoms with van der Waals surface area (Å²) in [5.41, 5.74) is 6.99. The first-order chi connectivity index (χ1) is 21.7. The summed E-state index contributed by atoms with van der Waals surface area (Å²) in [6, 6.07) is 23.9. The van der Waals surface area contributed by atoms with Gasteiger partial charge in [0.15, 0.2) is 0 Å². The molecule has 3 aromatic carbocycles. The van der Waals surface area contributed by atoms with Crippen molar-refractivity contribution in [2.45, 2.75) is 59.5 Å². The summed E-state index contributed by atoms with van der Waals surface area (Å²) in [5.74, 6) is 0.327. The van der Waals surface area contributed by atoms with Crippen LogP contribution in [0.5, 0.6) is 0 Å². The molecule has 3 amide bonds. The second-order valence-electron chi connectivity index (χ2n) is 12.5. The number of aryl methyl sites for hydroxylation is 2.